The van der Waals surface area contributed by atoms with Crippen LogP contribution in [0.1, 0.15) is 36.0 Å². The maximum absolute atomic E-state index is 4.53. The summed E-state index contributed by atoms with van der Waals surface area (Å²) in [6.45, 7) is 6.03. The zero-order valence-electron chi connectivity index (χ0n) is 11.1. The minimum atomic E-state index is 0. The molecule has 0 spiro atoms. The predicted octanol–water partition coefficient (Wildman–Crippen LogP) is 3.77. The summed E-state index contributed by atoms with van der Waals surface area (Å²) in [5, 5.41) is 0. The molecule has 3 heteroatoms. The summed E-state index contributed by atoms with van der Waals surface area (Å²) in [5.74, 6) is 0. The van der Waals surface area contributed by atoms with E-state index in [4.69, 9.17) is 0 Å². The van der Waals surface area contributed by atoms with Crippen LogP contribution in [-0.4, -0.2) is 25.0 Å². The van der Waals surface area contributed by atoms with E-state index in [9.17, 15) is 0 Å². The van der Waals surface area contributed by atoms with Crippen LogP contribution in [0.15, 0.2) is 28.2 Å². The van der Waals surface area contributed by atoms with Crippen LogP contribution in [0, 0.1) is 13.8 Å². The van der Waals surface area contributed by atoms with Crippen molar-refractivity contribution in [1.29, 1.82) is 0 Å². The molecule has 2 rings (SSSR count). The molecule has 0 aromatic heterocycles. The molecule has 0 saturated heterocycles. The molecule has 0 radical (unpaired) electrons. The molecule has 1 aromatic rings. The molecule has 0 N–H and O–H groups in total. The largest absolute Gasteiger partial charge is 0.292 e. The zero-order valence-corrected chi connectivity index (χ0v) is 12.0. The van der Waals surface area contributed by atoms with Crippen LogP contribution >= 0.6 is 12.4 Å². The van der Waals surface area contributed by atoms with Crippen molar-refractivity contribution in [3.05, 3.63) is 34.9 Å². The Balaban J connectivity index is 0.00000162. The molecule has 0 amide bonds. The summed E-state index contributed by atoms with van der Waals surface area (Å²) < 4.78 is 0. The van der Waals surface area contributed by atoms with Gasteiger partial charge in [0, 0.05) is 18.5 Å². The Hall–Kier alpha value is -1.15. The summed E-state index contributed by atoms with van der Waals surface area (Å²) in [4.78, 5) is 9.04. The summed E-state index contributed by atoms with van der Waals surface area (Å²) in [7, 11) is 0. The molecule has 98 valence electrons. The first-order valence-electron chi connectivity index (χ1n) is 6.35. The molecule has 1 aromatic carbocycles. The standard InChI is InChI=1S/C15H20N2.ClH/c1-12-6-5-7-13(2)15(12)11-16-10-14-8-3-4-9-17-14;/h5-7,11H,3-4,8-10H2,1-2H3;1H. The third-order valence-corrected chi connectivity index (χ3v) is 3.25. The Morgan fingerprint density at radius 1 is 1.22 bits per heavy atom. The van der Waals surface area contributed by atoms with Crippen molar-refractivity contribution >= 4 is 24.3 Å². The maximum Gasteiger partial charge on any atom is 0.0768 e. The number of hydrogen-bond donors (Lipinski definition) is 0. The van der Waals surface area contributed by atoms with Crippen LogP contribution in [0.25, 0.3) is 0 Å². The molecule has 1 heterocycles. The monoisotopic (exact) mass is 264 g/mol. The van der Waals surface area contributed by atoms with Gasteiger partial charge in [-0.2, -0.15) is 0 Å². The molecule has 0 fully saturated rings. The molecule has 2 nitrogen and oxygen atoms in total. The predicted molar refractivity (Wildman–Crippen MR) is 81.8 cm³/mol. The van der Waals surface area contributed by atoms with Crippen LogP contribution in [0.5, 0.6) is 0 Å². The lowest BCUT2D eigenvalue weighted by molar-refractivity contribution is 0.731. The van der Waals surface area contributed by atoms with E-state index in [-0.39, 0.29) is 12.4 Å². The highest BCUT2D eigenvalue weighted by molar-refractivity contribution is 5.90. The molecule has 1 aliphatic rings. The van der Waals surface area contributed by atoms with Crippen molar-refractivity contribution in [3.63, 3.8) is 0 Å². The number of benzene rings is 1. The van der Waals surface area contributed by atoms with Crippen LogP contribution in [0.3, 0.4) is 0 Å². The third kappa shape index (κ3) is 3.95. The smallest absolute Gasteiger partial charge is 0.0768 e. The fourth-order valence-electron chi connectivity index (χ4n) is 2.16. The molecule has 0 unspecified atom stereocenters. The highest BCUT2D eigenvalue weighted by Crippen LogP contribution is 2.11. The number of halogens is 1. The average molecular weight is 265 g/mol. The van der Waals surface area contributed by atoms with Gasteiger partial charge in [0.1, 0.15) is 0 Å². The van der Waals surface area contributed by atoms with Crippen molar-refractivity contribution in [1.82, 2.24) is 0 Å². The molecular weight excluding hydrogens is 244 g/mol. The Morgan fingerprint density at radius 3 is 2.56 bits per heavy atom. The van der Waals surface area contributed by atoms with Gasteiger partial charge in [0.2, 0.25) is 0 Å². The zero-order chi connectivity index (χ0) is 12.1. The van der Waals surface area contributed by atoms with Crippen molar-refractivity contribution in [2.24, 2.45) is 9.98 Å². The number of aliphatic imine (C=N–C) groups is 2. The van der Waals surface area contributed by atoms with E-state index in [0.29, 0.717) is 0 Å². The highest BCUT2D eigenvalue weighted by atomic mass is 35.5. The van der Waals surface area contributed by atoms with Crippen LogP contribution < -0.4 is 0 Å². The molecule has 18 heavy (non-hydrogen) atoms. The van der Waals surface area contributed by atoms with Gasteiger partial charge in [0.05, 0.1) is 6.54 Å². The van der Waals surface area contributed by atoms with Gasteiger partial charge >= 0.3 is 0 Å². The van der Waals surface area contributed by atoms with E-state index in [1.165, 1.54) is 35.2 Å². The van der Waals surface area contributed by atoms with E-state index in [0.717, 1.165) is 19.5 Å². The molecule has 0 atom stereocenters. The van der Waals surface area contributed by atoms with Gasteiger partial charge in [-0.05, 0) is 49.8 Å². The summed E-state index contributed by atoms with van der Waals surface area (Å²) in [6.07, 6.45) is 5.65. The number of nitrogens with zero attached hydrogens (tertiary/aromatic N) is 2. The lowest BCUT2D eigenvalue weighted by atomic mass is 10.0. The van der Waals surface area contributed by atoms with Crippen molar-refractivity contribution in [2.75, 3.05) is 13.1 Å². The highest BCUT2D eigenvalue weighted by Gasteiger charge is 2.03. The molecule has 0 bridgehead atoms. The Bertz CT molecular complexity index is 430. The van der Waals surface area contributed by atoms with Gasteiger partial charge in [-0.25, -0.2) is 0 Å². The molecule has 1 aliphatic heterocycles. The van der Waals surface area contributed by atoms with Gasteiger partial charge in [-0.15, -0.1) is 12.4 Å². The third-order valence-electron chi connectivity index (χ3n) is 3.25. The number of rotatable bonds is 3. The van der Waals surface area contributed by atoms with E-state index in [1.54, 1.807) is 0 Å². The SMILES string of the molecule is Cc1cccc(C)c1C=NCC1=NCCCC1.Cl. The van der Waals surface area contributed by atoms with Gasteiger partial charge in [-0.1, -0.05) is 18.2 Å². The topological polar surface area (TPSA) is 24.7 Å². The van der Waals surface area contributed by atoms with Crippen LogP contribution in [0.4, 0.5) is 0 Å². The fourth-order valence-corrected chi connectivity index (χ4v) is 2.16. The first-order chi connectivity index (χ1) is 8.27. The lowest BCUT2D eigenvalue weighted by Gasteiger charge is -2.09. The minimum absolute atomic E-state index is 0. The second kappa shape index (κ2) is 7.32. The van der Waals surface area contributed by atoms with Crippen molar-refractivity contribution in [2.45, 2.75) is 33.1 Å². The van der Waals surface area contributed by atoms with Gasteiger partial charge in [0.15, 0.2) is 0 Å². The minimum Gasteiger partial charge on any atom is -0.292 e. The fraction of sp³-hybridized carbons (Fsp3) is 0.467. The first kappa shape index (κ1) is 14.9. The average Bonchev–Trinajstić information content (AvgIpc) is 2.34. The maximum atomic E-state index is 4.53. The quantitative estimate of drug-likeness (QED) is 0.743. The first-order valence-corrected chi connectivity index (χ1v) is 6.35. The summed E-state index contributed by atoms with van der Waals surface area (Å²) in [6, 6.07) is 6.35. The van der Waals surface area contributed by atoms with E-state index in [1.807, 2.05) is 6.21 Å². The molecular formula is C15H21ClN2. The van der Waals surface area contributed by atoms with Crippen LogP contribution in [0.2, 0.25) is 0 Å². The number of aryl methyl sites for hydroxylation is 2. The second-order valence-corrected chi connectivity index (χ2v) is 4.68. The van der Waals surface area contributed by atoms with Gasteiger partial charge < -0.3 is 0 Å². The summed E-state index contributed by atoms with van der Waals surface area (Å²) in [5.41, 5.74) is 5.10. The van der Waals surface area contributed by atoms with Crippen LogP contribution in [-0.2, 0) is 0 Å². The summed E-state index contributed by atoms with van der Waals surface area (Å²) >= 11 is 0. The Kier molecular flexibility index (Phi) is 6.06. The van der Waals surface area contributed by atoms with E-state index < -0.39 is 0 Å². The Labute approximate surface area is 116 Å². The normalized spacial score (nSPS) is 15.3. The second-order valence-electron chi connectivity index (χ2n) is 4.68. The molecule has 0 aliphatic carbocycles. The van der Waals surface area contributed by atoms with Gasteiger partial charge in [0.25, 0.3) is 0 Å². The van der Waals surface area contributed by atoms with Gasteiger partial charge in [-0.3, -0.25) is 9.98 Å². The lowest BCUT2D eigenvalue weighted by Crippen LogP contribution is -2.09. The Morgan fingerprint density at radius 2 is 1.94 bits per heavy atom. The van der Waals surface area contributed by atoms with Crippen molar-refractivity contribution < 1.29 is 0 Å². The number of hydrogen-bond acceptors (Lipinski definition) is 2. The molecule has 0 saturated carbocycles. The van der Waals surface area contributed by atoms with Crippen molar-refractivity contribution in [3.8, 4) is 0 Å². The van der Waals surface area contributed by atoms with E-state index >= 15 is 0 Å². The van der Waals surface area contributed by atoms with E-state index in [2.05, 4.69) is 42.0 Å².